The molecule has 1 amide bonds. The van der Waals surface area contributed by atoms with E-state index >= 15 is 0 Å². The molecule has 0 aromatic rings. The van der Waals surface area contributed by atoms with Gasteiger partial charge in [0.1, 0.15) is 6.61 Å². The summed E-state index contributed by atoms with van der Waals surface area (Å²) in [4.78, 5) is 14.8. The van der Waals surface area contributed by atoms with E-state index in [9.17, 15) is 4.79 Å². The van der Waals surface area contributed by atoms with Gasteiger partial charge in [-0.2, -0.15) is 0 Å². The van der Waals surface area contributed by atoms with Crippen LogP contribution < -0.4 is 0 Å². The average Bonchev–Trinajstić information content (AvgIpc) is 2.05. The molecular formula is C8H17N2NpO2-. The van der Waals surface area contributed by atoms with E-state index in [4.69, 9.17) is 5.11 Å². The first-order valence-corrected chi connectivity index (χ1v) is 3.81. The molecule has 0 unspecified atom stereocenters. The fourth-order valence-electron chi connectivity index (χ4n) is 1.16. The van der Waals surface area contributed by atoms with Gasteiger partial charge in [0, 0.05) is 56.1 Å². The molecule has 1 N–H and O–H groups in total. The summed E-state index contributed by atoms with van der Waals surface area (Å²) in [7, 11) is 2.03. The van der Waals surface area contributed by atoms with Gasteiger partial charge in [-0.25, -0.2) is 0 Å². The molecule has 0 spiro atoms. The Morgan fingerprint density at radius 3 is 2.15 bits per heavy atom. The third-order valence-corrected chi connectivity index (χ3v) is 1.99. The molecule has 1 fully saturated rings. The maximum absolute atomic E-state index is 10.9. The summed E-state index contributed by atoms with van der Waals surface area (Å²) in [6, 6.07) is 0. The van der Waals surface area contributed by atoms with Crippen LogP contribution in [0.1, 0.15) is 0 Å². The maximum Gasteiger partial charge on any atom is 0.248 e. The first kappa shape index (κ1) is 15.9. The maximum atomic E-state index is 10.9. The number of carbonyl (C=O) groups excluding carboxylic acids is 1. The molecule has 0 atom stereocenters. The molecule has 1 saturated heterocycles. The Hall–Kier alpha value is 0.403. The second kappa shape index (κ2) is 7.77. The van der Waals surface area contributed by atoms with Crippen molar-refractivity contribution in [2.75, 3.05) is 39.8 Å². The molecule has 1 aliphatic heterocycles. The van der Waals surface area contributed by atoms with Crippen LogP contribution in [0, 0.1) is 37.4 Å². The van der Waals surface area contributed by atoms with E-state index in [1.54, 1.807) is 4.90 Å². The second-order valence-corrected chi connectivity index (χ2v) is 2.84. The summed E-state index contributed by atoms with van der Waals surface area (Å²) in [5.74, 6) is -0.155. The SMILES string of the molecule is CN1CCN(C(=O)CO)CC1.[CH3-].[Np]. The third kappa shape index (κ3) is 4.99. The number of amides is 1. The Morgan fingerprint density at radius 1 is 1.31 bits per heavy atom. The molecule has 0 aromatic carbocycles. The summed E-state index contributed by atoms with van der Waals surface area (Å²) in [5, 5.41) is 8.55. The van der Waals surface area contributed by atoms with Crippen molar-refractivity contribution in [3.8, 4) is 0 Å². The van der Waals surface area contributed by atoms with Gasteiger partial charge in [0.2, 0.25) is 5.91 Å². The Kier molecular flexibility index (Phi) is 9.48. The van der Waals surface area contributed by atoms with E-state index in [-0.39, 0.29) is 49.9 Å². The number of nitrogens with zero attached hydrogens (tertiary/aromatic N) is 2. The molecule has 0 bridgehead atoms. The van der Waals surface area contributed by atoms with E-state index in [0.717, 1.165) is 26.2 Å². The van der Waals surface area contributed by atoms with Gasteiger partial charge in [-0.15, -0.1) is 0 Å². The Bertz CT molecular complexity index is 147. The molecule has 13 heavy (non-hydrogen) atoms. The average molecular weight is 410 g/mol. The Morgan fingerprint density at radius 2 is 1.77 bits per heavy atom. The molecule has 0 aromatic heterocycles. The quantitative estimate of drug-likeness (QED) is 0.577. The summed E-state index contributed by atoms with van der Waals surface area (Å²) in [5.41, 5.74) is 0. The first-order valence-electron chi connectivity index (χ1n) is 3.81. The van der Waals surface area contributed by atoms with Gasteiger partial charge in [0.15, 0.2) is 0 Å². The van der Waals surface area contributed by atoms with E-state index in [1.165, 1.54) is 0 Å². The van der Waals surface area contributed by atoms with E-state index < -0.39 is 0 Å². The van der Waals surface area contributed by atoms with Crippen molar-refractivity contribution in [2.24, 2.45) is 0 Å². The number of rotatable bonds is 1. The van der Waals surface area contributed by atoms with Gasteiger partial charge in [-0.3, -0.25) is 4.79 Å². The van der Waals surface area contributed by atoms with Crippen LogP contribution in [0.5, 0.6) is 0 Å². The molecule has 1 rings (SSSR count). The van der Waals surface area contributed by atoms with Gasteiger partial charge in [0.25, 0.3) is 0 Å². The van der Waals surface area contributed by atoms with Crippen LogP contribution in [-0.2, 0) is 4.79 Å². The monoisotopic (exact) mass is 409 g/mol. The number of carbonyl (C=O) groups is 1. The molecule has 5 heteroatoms. The smallest absolute Gasteiger partial charge is 0.248 e. The van der Waals surface area contributed by atoms with E-state index in [2.05, 4.69) is 4.90 Å². The zero-order chi connectivity index (χ0) is 8.27. The molecule has 1 aliphatic rings. The van der Waals surface area contributed by atoms with Crippen LogP contribution in [0.3, 0.4) is 0 Å². The predicted molar refractivity (Wildman–Crippen MR) is 47.6 cm³/mol. The van der Waals surface area contributed by atoms with Gasteiger partial charge in [0.05, 0.1) is 0 Å². The van der Waals surface area contributed by atoms with Crippen molar-refractivity contribution in [3.63, 3.8) is 0 Å². The number of likely N-dealkylation sites (N-methyl/N-ethyl adjacent to an activating group) is 1. The number of aliphatic hydroxyl groups is 1. The van der Waals surface area contributed by atoms with Crippen molar-refractivity contribution >= 4 is 5.91 Å². The second-order valence-electron chi connectivity index (χ2n) is 2.84. The number of piperazine rings is 1. The van der Waals surface area contributed by atoms with Crippen molar-refractivity contribution < 1.29 is 39.8 Å². The zero-order valence-corrected chi connectivity index (χ0v) is 12.0. The van der Waals surface area contributed by atoms with Crippen LogP contribution in [0.25, 0.3) is 0 Å². The normalized spacial score (nSPS) is 17.2. The predicted octanol–water partition coefficient (Wildman–Crippen LogP) is -0.797. The zero-order valence-electron chi connectivity index (χ0n) is 8.23. The molecule has 4 nitrogen and oxygen atoms in total. The van der Waals surface area contributed by atoms with Crippen LogP contribution in [0.15, 0.2) is 0 Å². The summed E-state index contributed by atoms with van der Waals surface area (Å²) in [6.45, 7) is 2.95. The van der Waals surface area contributed by atoms with Crippen molar-refractivity contribution in [3.05, 3.63) is 7.43 Å². The van der Waals surface area contributed by atoms with Gasteiger partial charge in [-0.1, -0.05) is 0 Å². The molecular weight excluding hydrogens is 393 g/mol. The summed E-state index contributed by atoms with van der Waals surface area (Å²) in [6.07, 6.45) is 0. The number of hydrogen-bond acceptors (Lipinski definition) is 3. The number of hydrogen-bond donors (Lipinski definition) is 1. The Balaban J connectivity index is 0. The molecule has 77 valence electrons. The van der Waals surface area contributed by atoms with Gasteiger partial charge < -0.3 is 22.3 Å². The minimum Gasteiger partial charge on any atom is -0.387 e. The topological polar surface area (TPSA) is 43.8 Å². The molecule has 1 radical (unpaired) electrons. The van der Waals surface area contributed by atoms with Crippen LogP contribution in [-0.4, -0.2) is 60.6 Å². The molecule has 0 saturated carbocycles. The van der Waals surface area contributed by atoms with Crippen molar-refractivity contribution in [1.82, 2.24) is 9.80 Å². The van der Waals surface area contributed by atoms with Crippen LogP contribution >= 0.6 is 0 Å². The first-order chi connectivity index (χ1) is 5.24. The fourth-order valence-corrected chi connectivity index (χ4v) is 1.16. The van der Waals surface area contributed by atoms with Gasteiger partial charge >= 0.3 is 0 Å². The molecule has 0 aliphatic carbocycles. The van der Waals surface area contributed by atoms with Crippen molar-refractivity contribution in [1.29, 1.82) is 0 Å². The fraction of sp³-hybridized carbons (Fsp3) is 0.750. The standard InChI is InChI=1S/C7H14N2O2.CH3.Np/c1-8-2-4-9(5-3-8)7(11)6-10;;/h10H,2-6H2,1H3;1H3;/q;-1;. The van der Waals surface area contributed by atoms with Crippen LogP contribution in [0.4, 0.5) is 0 Å². The van der Waals surface area contributed by atoms with Gasteiger partial charge in [-0.05, 0) is 7.05 Å². The minimum absolute atomic E-state index is 0. The minimum atomic E-state index is -0.357. The summed E-state index contributed by atoms with van der Waals surface area (Å²) < 4.78 is 0. The largest absolute Gasteiger partial charge is 0.387 e. The Labute approximate surface area is 103 Å². The summed E-state index contributed by atoms with van der Waals surface area (Å²) >= 11 is 0. The number of aliphatic hydroxyl groups excluding tert-OH is 1. The van der Waals surface area contributed by atoms with E-state index in [1.807, 2.05) is 7.05 Å². The third-order valence-electron chi connectivity index (χ3n) is 1.99. The van der Waals surface area contributed by atoms with Crippen molar-refractivity contribution in [2.45, 2.75) is 0 Å². The van der Waals surface area contributed by atoms with Crippen LogP contribution in [0.2, 0.25) is 0 Å². The molecule has 1 heterocycles. The van der Waals surface area contributed by atoms with E-state index in [0.29, 0.717) is 0 Å².